The normalized spacial score (nSPS) is 18.1. The summed E-state index contributed by atoms with van der Waals surface area (Å²) in [5.74, 6) is 0.436. The molecule has 0 nitrogen and oxygen atoms in total. The van der Waals surface area contributed by atoms with Crippen LogP contribution in [0.15, 0.2) is 60.7 Å². The second-order valence-corrected chi connectivity index (χ2v) is 5.12. The Bertz CT molecular complexity index is 651. The van der Waals surface area contributed by atoms with E-state index in [1.54, 1.807) is 6.07 Å². The fourth-order valence-electron chi connectivity index (χ4n) is 2.34. The van der Waals surface area contributed by atoms with Crippen molar-refractivity contribution in [2.45, 2.75) is 18.5 Å². The Hall–Kier alpha value is -2.03. The first-order valence-corrected chi connectivity index (χ1v) is 6.40. The first kappa shape index (κ1) is 13.0. The maximum absolute atomic E-state index is 12.7. The molecule has 1 aliphatic carbocycles. The first-order chi connectivity index (χ1) is 9.45. The molecule has 3 heteroatoms. The van der Waals surface area contributed by atoms with Gasteiger partial charge < -0.3 is 0 Å². The average Bonchev–Trinajstić information content (AvgIpc) is 3.15. The van der Waals surface area contributed by atoms with E-state index in [0.29, 0.717) is 11.5 Å². The zero-order valence-corrected chi connectivity index (χ0v) is 10.7. The van der Waals surface area contributed by atoms with Crippen molar-refractivity contribution in [1.82, 2.24) is 0 Å². The fourth-order valence-corrected chi connectivity index (χ4v) is 2.34. The standard InChI is InChI=1S/C17H13F3/c1-11-9-16(11)13-7-5-12(6-8-13)14-3-2-4-15(10-14)17(18,19)20/h2-8,10,16H,1,9H2/t16-/m0/s1. The molecule has 0 amide bonds. The average molecular weight is 274 g/mol. The Morgan fingerprint density at radius 1 is 0.950 bits per heavy atom. The third-order valence-electron chi connectivity index (χ3n) is 3.64. The molecule has 0 unspecified atom stereocenters. The number of halogens is 3. The molecule has 0 N–H and O–H groups in total. The summed E-state index contributed by atoms with van der Waals surface area (Å²) >= 11 is 0. The molecule has 2 aromatic rings. The van der Waals surface area contributed by atoms with Gasteiger partial charge in [-0.05, 0) is 35.2 Å². The number of allylic oxidation sites excluding steroid dienone is 1. The van der Waals surface area contributed by atoms with Crippen LogP contribution in [0.1, 0.15) is 23.5 Å². The Morgan fingerprint density at radius 2 is 1.60 bits per heavy atom. The van der Waals surface area contributed by atoms with Crippen molar-refractivity contribution in [3.8, 4) is 11.1 Å². The number of hydrogen-bond acceptors (Lipinski definition) is 0. The second kappa shape index (κ2) is 4.51. The molecule has 3 rings (SSSR count). The van der Waals surface area contributed by atoms with Crippen LogP contribution in [-0.2, 0) is 6.18 Å². The number of benzene rings is 2. The second-order valence-electron chi connectivity index (χ2n) is 5.12. The smallest absolute Gasteiger partial charge is 0.166 e. The van der Waals surface area contributed by atoms with Gasteiger partial charge in [-0.25, -0.2) is 0 Å². The van der Waals surface area contributed by atoms with E-state index in [1.165, 1.54) is 23.3 Å². The monoisotopic (exact) mass is 274 g/mol. The van der Waals surface area contributed by atoms with Gasteiger partial charge in [0.05, 0.1) is 5.56 Å². The van der Waals surface area contributed by atoms with Gasteiger partial charge >= 0.3 is 6.18 Å². The minimum Gasteiger partial charge on any atom is -0.166 e. The molecule has 1 atom stereocenters. The molecule has 0 radical (unpaired) electrons. The molecule has 2 aromatic carbocycles. The van der Waals surface area contributed by atoms with E-state index >= 15 is 0 Å². The Balaban J connectivity index is 1.91. The lowest BCUT2D eigenvalue weighted by Gasteiger charge is -2.09. The van der Waals surface area contributed by atoms with Crippen molar-refractivity contribution in [1.29, 1.82) is 0 Å². The van der Waals surface area contributed by atoms with Crippen molar-refractivity contribution in [3.05, 3.63) is 71.8 Å². The van der Waals surface area contributed by atoms with Crippen molar-refractivity contribution in [2.24, 2.45) is 0 Å². The summed E-state index contributed by atoms with van der Waals surface area (Å²) in [6, 6.07) is 13.1. The highest BCUT2D eigenvalue weighted by Crippen LogP contribution is 2.45. The van der Waals surface area contributed by atoms with Crippen molar-refractivity contribution < 1.29 is 13.2 Å². The van der Waals surface area contributed by atoms with Gasteiger partial charge in [0.15, 0.2) is 0 Å². The Kier molecular flexibility index (Phi) is 2.93. The minimum atomic E-state index is -4.30. The quantitative estimate of drug-likeness (QED) is 0.642. The van der Waals surface area contributed by atoms with E-state index in [9.17, 15) is 13.2 Å². The van der Waals surface area contributed by atoms with Crippen LogP contribution >= 0.6 is 0 Å². The highest BCUT2D eigenvalue weighted by atomic mass is 19.4. The molecular weight excluding hydrogens is 261 g/mol. The molecule has 1 saturated carbocycles. The first-order valence-electron chi connectivity index (χ1n) is 6.40. The van der Waals surface area contributed by atoms with Gasteiger partial charge in [0.1, 0.15) is 0 Å². The lowest BCUT2D eigenvalue weighted by Crippen LogP contribution is -2.04. The lowest BCUT2D eigenvalue weighted by atomic mass is 10.0. The van der Waals surface area contributed by atoms with Crippen LogP contribution in [0.4, 0.5) is 13.2 Å². The van der Waals surface area contributed by atoms with Gasteiger partial charge in [-0.2, -0.15) is 13.2 Å². The van der Waals surface area contributed by atoms with Crippen molar-refractivity contribution in [2.75, 3.05) is 0 Å². The summed E-state index contributed by atoms with van der Waals surface area (Å²) < 4.78 is 38.1. The largest absolute Gasteiger partial charge is 0.416 e. The summed E-state index contributed by atoms with van der Waals surface area (Å²) in [6.45, 7) is 3.92. The fraction of sp³-hybridized carbons (Fsp3) is 0.176. The van der Waals surface area contributed by atoms with Gasteiger partial charge in [0.2, 0.25) is 0 Å². The van der Waals surface area contributed by atoms with E-state index in [2.05, 4.69) is 6.58 Å². The number of hydrogen-bond donors (Lipinski definition) is 0. The van der Waals surface area contributed by atoms with Crippen LogP contribution < -0.4 is 0 Å². The van der Waals surface area contributed by atoms with Crippen LogP contribution in [-0.4, -0.2) is 0 Å². The van der Waals surface area contributed by atoms with Crippen LogP contribution in [0.25, 0.3) is 11.1 Å². The van der Waals surface area contributed by atoms with Crippen LogP contribution in [0.5, 0.6) is 0 Å². The van der Waals surface area contributed by atoms with E-state index in [1.807, 2.05) is 24.3 Å². The number of alkyl halides is 3. The maximum Gasteiger partial charge on any atom is 0.416 e. The van der Waals surface area contributed by atoms with Crippen LogP contribution in [0, 0.1) is 0 Å². The molecule has 1 aliphatic rings. The van der Waals surface area contributed by atoms with Gasteiger partial charge in [-0.3, -0.25) is 0 Å². The SMILES string of the molecule is C=C1C[C@@H]1c1ccc(-c2cccc(C(F)(F)F)c2)cc1. The molecular formula is C17H13F3. The summed E-state index contributed by atoms with van der Waals surface area (Å²) in [5, 5.41) is 0. The van der Waals surface area contributed by atoms with E-state index in [-0.39, 0.29) is 0 Å². The maximum atomic E-state index is 12.7. The molecule has 0 aliphatic heterocycles. The third-order valence-corrected chi connectivity index (χ3v) is 3.64. The Labute approximate surface area is 115 Å². The predicted octanol–water partition coefficient (Wildman–Crippen LogP) is 5.42. The van der Waals surface area contributed by atoms with E-state index in [4.69, 9.17) is 0 Å². The van der Waals surface area contributed by atoms with Crippen molar-refractivity contribution >= 4 is 0 Å². The van der Waals surface area contributed by atoms with Gasteiger partial charge in [0.25, 0.3) is 0 Å². The lowest BCUT2D eigenvalue weighted by molar-refractivity contribution is -0.137. The molecule has 102 valence electrons. The van der Waals surface area contributed by atoms with Gasteiger partial charge in [0, 0.05) is 5.92 Å². The molecule has 0 saturated heterocycles. The van der Waals surface area contributed by atoms with Gasteiger partial charge in [-0.1, -0.05) is 48.6 Å². The Morgan fingerprint density at radius 3 is 2.15 bits per heavy atom. The van der Waals surface area contributed by atoms with Crippen LogP contribution in [0.3, 0.4) is 0 Å². The minimum absolute atomic E-state index is 0.436. The summed E-state index contributed by atoms with van der Waals surface area (Å²) in [6.07, 6.45) is -3.29. The highest BCUT2D eigenvalue weighted by molar-refractivity contribution is 5.65. The van der Waals surface area contributed by atoms with E-state index < -0.39 is 11.7 Å². The molecule has 1 fully saturated rings. The summed E-state index contributed by atoms with van der Waals surface area (Å²) in [7, 11) is 0. The van der Waals surface area contributed by atoms with E-state index in [0.717, 1.165) is 18.1 Å². The summed E-state index contributed by atoms with van der Waals surface area (Å²) in [5.41, 5.74) is 3.17. The third kappa shape index (κ3) is 2.48. The molecule has 0 heterocycles. The molecule has 0 aromatic heterocycles. The molecule has 0 spiro atoms. The zero-order valence-electron chi connectivity index (χ0n) is 10.7. The zero-order chi connectivity index (χ0) is 14.3. The van der Waals surface area contributed by atoms with Crippen LogP contribution in [0.2, 0.25) is 0 Å². The molecule has 20 heavy (non-hydrogen) atoms. The van der Waals surface area contributed by atoms with Gasteiger partial charge in [-0.15, -0.1) is 0 Å². The molecule has 0 bridgehead atoms. The van der Waals surface area contributed by atoms with Crippen molar-refractivity contribution in [3.63, 3.8) is 0 Å². The predicted molar refractivity (Wildman–Crippen MR) is 73.4 cm³/mol. The summed E-state index contributed by atoms with van der Waals surface area (Å²) in [4.78, 5) is 0. The topological polar surface area (TPSA) is 0 Å². The highest BCUT2D eigenvalue weighted by Gasteiger charge is 2.31. The number of rotatable bonds is 2.